The molecule has 90 valence electrons. The van der Waals surface area contributed by atoms with E-state index in [-0.39, 0.29) is 29.7 Å². The number of nitrogens with one attached hydrogen (secondary N) is 1. The summed E-state index contributed by atoms with van der Waals surface area (Å²) in [5.74, 6) is -0.725. The van der Waals surface area contributed by atoms with E-state index in [2.05, 4.69) is 5.32 Å². The summed E-state index contributed by atoms with van der Waals surface area (Å²) in [5.41, 5.74) is -4.15. The first-order valence-corrected chi connectivity index (χ1v) is 5.64. The Bertz CT molecular complexity index is 356. The minimum Gasteiger partial charge on any atom is -0.382 e. The summed E-state index contributed by atoms with van der Waals surface area (Å²) in [4.78, 5) is 0. The molecule has 0 saturated heterocycles. The second-order valence-electron chi connectivity index (χ2n) is 2.85. The van der Waals surface area contributed by atoms with E-state index >= 15 is 0 Å². The smallest absolute Gasteiger partial charge is 0.382 e. The van der Waals surface area contributed by atoms with Gasteiger partial charge in [-0.05, 0) is 30.0 Å². The summed E-state index contributed by atoms with van der Waals surface area (Å²) in [6.07, 6.45) is 0. The monoisotopic (exact) mass is 273 g/mol. The highest BCUT2D eigenvalue weighted by molar-refractivity contribution is 8.00. The Morgan fingerprint density at radius 2 is 2.00 bits per heavy atom. The summed E-state index contributed by atoms with van der Waals surface area (Å²) in [7, 11) is 0. The molecule has 0 aliphatic rings. The molecule has 0 spiro atoms. The molecule has 7 heteroatoms. The predicted molar refractivity (Wildman–Crippen MR) is 58.4 cm³/mol. The van der Waals surface area contributed by atoms with Crippen LogP contribution in [0.3, 0.4) is 0 Å². The Morgan fingerprint density at radius 1 is 1.31 bits per heavy atom. The van der Waals surface area contributed by atoms with Crippen molar-refractivity contribution >= 4 is 29.1 Å². The van der Waals surface area contributed by atoms with Crippen molar-refractivity contribution in [2.24, 2.45) is 0 Å². The molecular formula is C9H8ClF4NS. The molecule has 0 aliphatic heterocycles. The number of thioether (sulfide) groups is 1. The van der Waals surface area contributed by atoms with Crippen LogP contribution >= 0.6 is 23.4 Å². The highest BCUT2D eigenvalue weighted by atomic mass is 35.5. The lowest BCUT2D eigenvalue weighted by molar-refractivity contribution is -0.0327. The molecular weight excluding hydrogens is 266 g/mol. The first kappa shape index (κ1) is 13.4. The van der Waals surface area contributed by atoms with Crippen molar-refractivity contribution in [3.63, 3.8) is 0 Å². The van der Waals surface area contributed by atoms with Crippen molar-refractivity contribution in [1.82, 2.24) is 0 Å². The van der Waals surface area contributed by atoms with Gasteiger partial charge in [0.25, 0.3) is 0 Å². The molecule has 0 amide bonds. The number of halogens is 5. The highest BCUT2D eigenvalue weighted by Crippen LogP contribution is 2.29. The second kappa shape index (κ2) is 5.63. The van der Waals surface area contributed by atoms with Crippen molar-refractivity contribution < 1.29 is 17.6 Å². The van der Waals surface area contributed by atoms with Gasteiger partial charge in [0, 0.05) is 17.3 Å². The van der Waals surface area contributed by atoms with Crippen molar-refractivity contribution in [3.8, 4) is 0 Å². The number of rotatable bonds is 4. The van der Waals surface area contributed by atoms with E-state index in [1.165, 1.54) is 12.1 Å². The first-order chi connectivity index (χ1) is 7.38. The van der Waals surface area contributed by atoms with E-state index < -0.39 is 11.3 Å². The standard InChI is InChI=1S/C9H8ClF4NS/c10-6-1-2-7(11)8(5-6)15-3-4-16-9(12,13)14/h1-2,5,15H,3-4H2. The quantitative estimate of drug-likeness (QED) is 0.653. The van der Waals surface area contributed by atoms with Crippen molar-refractivity contribution in [2.45, 2.75) is 5.51 Å². The van der Waals surface area contributed by atoms with Crippen LogP contribution in [-0.2, 0) is 0 Å². The average Bonchev–Trinajstić information content (AvgIpc) is 2.16. The third-order valence-corrected chi connectivity index (χ3v) is 2.58. The molecule has 0 bridgehead atoms. The Hall–Kier alpha value is -0.620. The molecule has 1 nitrogen and oxygen atoms in total. The number of benzene rings is 1. The van der Waals surface area contributed by atoms with Gasteiger partial charge in [0.15, 0.2) is 0 Å². The summed E-state index contributed by atoms with van der Waals surface area (Å²) >= 11 is 5.46. The van der Waals surface area contributed by atoms with Crippen LogP contribution in [0.1, 0.15) is 0 Å². The van der Waals surface area contributed by atoms with Crippen molar-refractivity contribution in [2.75, 3.05) is 17.6 Å². The predicted octanol–water partition coefficient (Wildman–Crippen LogP) is 4.14. The molecule has 0 aromatic heterocycles. The van der Waals surface area contributed by atoms with Gasteiger partial charge in [-0.1, -0.05) is 11.6 Å². The normalized spacial score (nSPS) is 11.6. The topological polar surface area (TPSA) is 12.0 Å². The number of hydrogen-bond donors (Lipinski definition) is 1. The van der Waals surface area contributed by atoms with Gasteiger partial charge in [-0.3, -0.25) is 0 Å². The number of alkyl halides is 3. The zero-order chi connectivity index (χ0) is 12.2. The minimum atomic E-state index is -4.26. The maximum Gasteiger partial charge on any atom is 0.441 e. The molecule has 16 heavy (non-hydrogen) atoms. The van der Waals surface area contributed by atoms with Crippen molar-refractivity contribution in [1.29, 1.82) is 0 Å². The lowest BCUT2D eigenvalue weighted by atomic mass is 10.3. The zero-order valence-corrected chi connectivity index (χ0v) is 9.52. The molecule has 0 unspecified atom stereocenters. The van der Waals surface area contributed by atoms with E-state index in [1.807, 2.05) is 0 Å². The van der Waals surface area contributed by atoms with Crippen LogP contribution in [-0.4, -0.2) is 17.8 Å². The molecule has 0 saturated carbocycles. The Labute approximate surface area is 99.2 Å². The molecule has 0 fully saturated rings. The second-order valence-corrected chi connectivity index (χ2v) is 4.44. The van der Waals surface area contributed by atoms with Gasteiger partial charge in [-0.15, -0.1) is 0 Å². The molecule has 1 N–H and O–H groups in total. The Morgan fingerprint density at radius 3 is 2.62 bits per heavy atom. The van der Waals surface area contributed by atoms with E-state index in [9.17, 15) is 17.6 Å². The Kier molecular flexibility index (Phi) is 4.73. The minimum absolute atomic E-state index is 0.0153. The molecule has 0 aliphatic carbocycles. The number of hydrogen-bond acceptors (Lipinski definition) is 2. The maximum absolute atomic E-state index is 13.1. The van der Waals surface area contributed by atoms with Crippen LogP contribution in [0, 0.1) is 5.82 Å². The maximum atomic E-state index is 13.1. The fraction of sp³-hybridized carbons (Fsp3) is 0.333. The van der Waals surface area contributed by atoms with E-state index in [4.69, 9.17) is 11.6 Å². The van der Waals surface area contributed by atoms with Crippen LogP contribution in [0.2, 0.25) is 5.02 Å². The van der Waals surface area contributed by atoms with Crippen LogP contribution in [0.25, 0.3) is 0 Å². The van der Waals surface area contributed by atoms with E-state index in [0.29, 0.717) is 5.02 Å². The lowest BCUT2D eigenvalue weighted by Gasteiger charge is -2.09. The molecule has 0 radical (unpaired) electrons. The van der Waals surface area contributed by atoms with E-state index in [1.54, 1.807) is 0 Å². The van der Waals surface area contributed by atoms with Crippen LogP contribution in [0.15, 0.2) is 18.2 Å². The average molecular weight is 274 g/mol. The first-order valence-electron chi connectivity index (χ1n) is 4.28. The lowest BCUT2D eigenvalue weighted by Crippen LogP contribution is -2.10. The van der Waals surface area contributed by atoms with Gasteiger partial charge in [0.2, 0.25) is 0 Å². The summed E-state index contributed by atoms with van der Waals surface area (Å²) < 4.78 is 48.4. The van der Waals surface area contributed by atoms with Gasteiger partial charge in [-0.25, -0.2) is 4.39 Å². The van der Waals surface area contributed by atoms with Crippen LogP contribution < -0.4 is 5.32 Å². The SMILES string of the molecule is Fc1ccc(Cl)cc1NCCSC(F)(F)F. The van der Waals surface area contributed by atoms with Gasteiger partial charge in [0.1, 0.15) is 5.82 Å². The van der Waals surface area contributed by atoms with Crippen molar-refractivity contribution in [3.05, 3.63) is 29.0 Å². The van der Waals surface area contributed by atoms with Gasteiger partial charge < -0.3 is 5.32 Å². The van der Waals surface area contributed by atoms with Gasteiger partial charge in [0.05, 0.1) is 5.69 Å². The molecule has 0 atom stereocenters. The Balaban J connectivity index is 2.40. The molecule has 1 rings (SSSR count). The van der Waals surface area contributed by atoms with Gasteiger partial charge >= 0.3 is 5.51 Å². The summed E-state index contributed by atoms with van der Waals surface area (Å²) in [5, 5.41) is 2.87. The number of anilines is 1. The van der Waals surface area contributed by atoms with E-state index in [0.717, 1.165) is 6.07 Å². The van der Waals surface area contributed by atoms with Gasteiger partial charge in [-0.2, -0.15) is 13.2 Å². The van der Waals surface area contributed by atoms with Crippen LogP contribution in [0.4, 0.5) is 23.2 Å². The molecule has 0 heterocycles. The zero-order valence-electron chi connectivity index (χ0n) is 7.94. The largest absolute Gasteiger partial charge is 0.441 e. The summed E-state index contributed by atoms with van der Waals surface area (Å²) in [6, 6.07) is 3.85. The fourth-order valence-electron chi connectivity index (χ4n) is 0.985. The van der Waals surface area contributed by atoms with Crippen LogP contribution in [0.5, 0.6) is 0 Å². The molecule has 1 aromatic carbocycles. The molecule has 1 aromatic rings. The summed E-state index contributed by atoms with van der Waals surface area (Å²) in [6.45, 7) is 0.0153. The fourth-order valence-corrected chi connectivity index (χ4v) is 1.59. The third-order valence-electron chi connectivity index (χ3n) is 1.61. The highest BCUT2D eigenvalue weighted by Gasteiger charge is 2.27. The third kappa shape index (κ3) is 4.94.